The van der Waals surface area contributed by atoms with Crippen molar-refractivity contribution >= 4 is 23.2 Å². The normalized spacial score (nSPS) is 23.1. The third-order valence-electron chi connectivity index (χ3n) is 3.12. The molecule has 0 saturated carbocycles. The molecule has 98 valence electrons. The SMILES string of the molecule is CC1NCCC1C(=O)Nc1c(F)cc(F)cc1Cl. The molecular formula is C12H13ClF2N2O. The van der Waals surface area contributed by atoms with Gasteiger partial charge in [0.05, 0.1) is 16.6 Å². The number of amides is 1. The summed E-state index contributed by atoms with van der Waals surface area (Å²) in [5, 5.41) is 5.41. The molecule has 18 heavy (non-hydrogen) atoms. The topological polar surface area (TPSA) is 41.1 Å². The maximum Gasteiger partial charge on any atom is 0.229 e. The molecule has 2 rings (SSSR count). The van der Waals surface area contributed by atoms with Crippen molar-refractivity contribution in [1.29, 1.82) is 0 Å². The van der Waals surface area contributed by atoms with Crippen molar-refractivity contribution in [1.82, 2.24) is 5.32 Å². The van der Waals surface area contributed by atoms with E-state index in [9.17, 15) is 13.6 Å². The standard InChI is InChI=1S/C12H13ClF2N2O/c1-6-8(2-3-16-6)12(18)17-11-9(13)4-7(14)5-10(11)15/h4-6,8,16H,2-3H2,1H3,(H,17,18). The highest BCUT2D eigenvalue weighted by Crippen LogP contribution is 2.28. The lowest BCUT2D eigenvalue weighted by Gasteiger charge is -2.16. The maximum atomic E-state index is 13.5. The number of rotatable bonds is 2. The minimum atomic E-state index is -0.869. The molecule has 2 atom stereocenters. The van der Waals surface area contributed by atoms with E-state index < -0.39 is 11.6 Å². The van der Waals surface area contributed by atoms with Gasteiger partial charge >= 0.3 is 0 Å². The Bertz CT molecular complexity index is 458. The first-order valence-electron chi connectivity index (χ1n) is 5.68. The molecule has 1 amide bonds. The molecule has 1 heterocycles. The van der Waals surface area contributed by atoms with Gasteiger partial charge in [-0.1, -0.05) is 11.6 Å². The predicted octanol–water partition coefficient (Wildman–Crippen LogP) is 2.55. The Kier molecular flexibility index (Phi) is 3.82. The van der Waals surface area contributed by atoms with Gasteiger partial charge in [0.2, 0.25) is 5.91 Å². The number of hydrogen-bond acceptors (Lipinski definition) is 2. The van der Waals surface area contributed by atoms with Gasteiger partial charge in [-0.25, -0.2) is 8.78 Å². The minimum Gasteiger partial charge on any atom is -0.322 e. The highest BCUT2D eigenvalue weighted by atomic mass is 35.5. The summed E-state index contributed by atoms with van der Waals surface area (Å²) in [6.45, 7) is 2.64. The molecule has 1 aliphatic rings. The number of halogens is 3. The first-order chi connectivity index (χ1) is 8.49. The fourth-order valence-electron chi connectivity index (χ4n) is 2.09. The lowest BCUT2D eigenvalue weighted by molar-refractivity contribution is -0.120. The Labute approximate surface area is 109 Å². The molecular weight excluding hydrogens is 262 g/mol. The monoisotopic (exact) mass is 274 g/mol. The van der Waals surface area contributed by atoms with Crippen LogP contribution in [0.1, 0.15) is 13.3 Å². The Morgan fingerprint density at radius 2 is 2.22 bits per heavy atom. The number of carbonyl (C=O) groups excluding carboxylic acids is 1. The molecule has 3 nitrogen and oxygen atoms in total. The lowest BCUT2D eigenvalue weighted by atomic mass is 10.0. The fraction of sp³-hybridized carbons (Fsp3) is 0.417. The third kappa shape index (κ3) is 2.62. The zero-order chi connectivity index (χ0) is 13.3. The van der Waals surface area contributed by atoms with Gasteiger partial charge in [0, 0.05) is 12.1 Å². The second-order valence-electron chi connectivity index (χ2n) is 4.37. The average molecular weight is 275 g/mol. The van der Waals surface area contributed by atoms with Crippen LogP contribution in [0.2, 0.25) is 5.02 Å². The number of carbonyl (C=O) groups is 1. The van der Waals surface area contributed by atoms with E-state index in [0.717, 1.165) is 12.6 Å². The second-order valence-corrected chi connectivity index (χ2v) is 4.78. The van der Waals surface area contributed by atoms with Gasteiger partial charge in [0.1, 0.15) is 5.82 Å². The van der Waals surface area contributed by atoms with E-state index >= 15 is 0 Å². The zero-order valence-corrected chi connectivity index (χ0v) is 10.5. The summed E-state index contributed by atoms with van der Waals surface area (Å²) in [5.41, 5.74) is -0.165. The number of nitrogens with one attached hydrogen (secondary N) is 2. The highest BCUT2D eigenvalue weighted by molar-refractivity contribution is 6.33. The Balaban J connectivity index is 2.17. The summed E-state index contributed by atoms with van der Waals surface area (Å²) >= 11 is 5.71. The average Bonchev–Trinajstić information content (AvgIpc) is 2.69. The van der Waals surface area contributed by atoms with E-state index in [1.165, 1.54) is 0 Å². The van der Waals surface area contributed by atoms with E-state index in [0.29, 0.717) is 12.5 Å². The molecule has 0 aromatic heterocycles. The van der Waals surface area contributed by atoms with E-state index in [2.05, 4.69) is 10.6 Å². The van der Waals surface area contributed by atoms with Crippen LogP contribution >= 0.6 is 11.6 Å². The summed E-state index contributed by atoms with van der Waals surface area (Å²) in [6, 6.07) is 1.70. The van der Waals surface area contributed by atoms with Crippen LogP contribution in [0.4, 0.5) is 14.5 Å². The molecule has 0 radical (unpaired) electrons. The second kappa shape index (κ2) is 5.20. The van der Waals surface area contributed by atoms with Crippen molar-refractivity contribution in [3.05, 3.63) is 28.8 Å². The Hall–Kier alpha value is -1.20. The van der Waals surface area contributed by atoms with Crippen LogP contribution in [-0.2, 0) is 4.79 Å². The van der Waals surface area contributed by atoms with Crippen molar-refractivity contribution < 1.29 is 13.6 Å². The number of anilines is 1. The lowest BCUT2D eigenvalue weighted by Crippen LogP contribution is -2.32. The van der Waals surface area contributed by atoms with E-state index in [-0.39, 0.29) is 28.6 Å². The smallest absolute Gasteiger partial charge is 0.229 e. The van der Waals surface area contributed by atoms with Crippen LogP contribution in [0.25, 0.3) is 0 Å². The highest BCUT2D eigenvalue weighted by Gasteiger charge is 2.30. The number of benzene rings is 1. The van der Waals surface area contributed by atoms with E-state index in [1.807, 2.05) is 6.92 Å². The van der Waals surface area contributed by atoms with Gasteiger partial charge in [0.25, 0.3) is 0 Å². The van der Waals surface area contributed by atoms with Crippen molar-refractivity contribution in [3.63, 3.8) is 0 Å². The summed E-state index contributed by atoms with van der Waals surface area (Å²) in [5.74, 6) is -2.18. The van der Waals surface area contributed by atoms with Crippen LogP contribution in [0.15, 0.2) is 12.1 Å². The molecule has 1 fully saturated rings. The molecule has 0 bridgehead atoms. The van der Waals surface area contributed by atoms with Gasteiger partial charge in [-0.15, -0.1) is 0 Å². The fourth-order valence-corrected chi connectivity index (χ4v) is 2.34. The number of hydrogen-bond donors (Lipinski definition) is 2. The van der Waals surface area contributed by atoms with Crippen LogP contribution in [-0.4, -0.2) is 18.5 Å². The van der Waals surface area contributed by atoms with Gasteiger partial charge in [-0.3, -0.25) is 4.79 Å². The molecule has 2 N–H and O–H groups in total. The van der Waals surface area contributed by atoms with Gasteiger partial charge < -0.3 is 10.6 Å². The van der Waals surface area contributed by atoms with Crippen molar-refractivity contribution in [2.45, 2.75) is 19.4 Å². The van der Waals surface area contributed by atoms with Crippen molar-refractivity contribution in [3.8, 4) is 0 Å². The first kappa shape index (κ1) is 13.2. The molecule has 1 saturated heterocycles. The summed E-state index contributed by atoms with van der Waals surface area (Å²) in [7, 11) is 0. The van der Waals surface area contributed by atoms with E-state index in [1.54, 1.807) is 0 Å². The quantitative estimate of drug-likeness (QED) is 0.870. The molecule has 1 aromatic carbocycles. The summed E-state index contributed by atoms with van der Waals surface area (Å²) in [6.07, 6.45) is 0.688. The molecule has 1 aliphatic heterocycles. The van der Waals surface area contributed by atoms with Crippen molar-refractivity contribution in [2.75, 3.05) is 11.9 Å². The predicted molar refractivity (Wildman–Crippen MR) is 65.6 cm³/mol. The maximum absolute atomic E-state index is 13.5. The van der Waals surface area contributed by atoms with Crippen LogP contribution < -0.4 is 10.6 Å². The molecule has 2 unspecified atom stereocenters. The van der Waals surface area contributed by atoms with Crippen LogP contribution in [0.5, 0.6) is 0 Å². The largest absolute Gasteiger partial charge is 0.322 e. The van der Waals surface area contributed by atoms with E-state index in [4.69, 9.17) is 11.6 Å². The molecule has 0 spiro atoms. The van der Waals surface area contributed by atoms with Gasteiger partial charge in [-0.2, -0.15) is 0 Å². The third-order valence-corrected chi connectivity index (χ3v) is 3.42. The zero-order valence-electron chi connectivity index (χ0n) is 9.77. The van der Waals surface area contributed by atoms with Crippen LogP contribution in [0.3, 0.4) is 0 Å². The molecule has 1 aromatic rings. The molecule has 6 heteroatoms. The Morgan fingerprint density at radius 3 is 2.78 bits per heavy atom. The van der Waals surface area contributed by atoms with Crippen LogP contribution in [0, 0.1) is 17.6 Å². The van der Waals surface area contributed by atoms with Crippen molar-refractivity contribution in [2.24, 2.45) is 5.92 Å². The molecule has 0 aliphatic carbocycles. The summed E-state index contributed by atoms with van der Waals surface area (Å²) < 4.78 is 26.4. The Morgan fingerprint density at radius 1 is 1.50 bits per heavy atom. The van der Waals surface area contributed by atoms with Gasteiger partial charge in [-0.05, 0) is 26.0 Å². The summed E-state index contributed by atoms with van der Waals surface area (Å²) in [4.78, 5) is 11.9. The first-order valence-corrected chi connectivity index (χ1v) is 6.05. The minimum absolute atomic E-state index is 0.0345. The van der Waals surface area contributed by atoms with Gasteiger partial charge in [0.15, 0.2) is 5.82 Å².